The first-order valence-corrected chi connectivity index (χ1v) is 4.79. The van der Waals surface area contributed by atoms with E-state index >= 15 is 0 Å². The molecule has 1 aliphatic heterocycles. The van der Waals surface area contributed by atoms with Crippen LogP contribution in [0.3, 0.4) is 0 Å². The van der Waals surface area contributed by atoms with Gasteiger partial charge in [-0.25, -0.2) is 4.84 Å². The summed E-state index contributed by atoms with van der Waals surface area (Å²) >= 11 is 0. The van der Waals surface area contributed by atoms with Crippen LogP contribution in [-0.2, 0) is 9.68 Å². The second kappa shape index (κ2) is 5.64. The summed E-state index contributed by atoms with van der Waals surface area (Å²) in [6, 6.07) is 0.0719. The van der Waals surface area contributed by atoms with Gasteiger partial charge in [0.25, 0.3) is 10.2 Å². The molecular formula is C8H18N3O3+. The van der Waals surface area contributed by atoms with E-state index in [9.17, 15) is 0 Å². The van der Waals surface area contributed by atoms with Crippen LogP contribution in [-0.4, -0.2) is 48.5 Å². The molecule has 6 heteroatoms. The lowest BCUT2D eigenvalue weighted by Gasteiger charge is -2.26. The Kier molecular flexibility index (Phi) is 4.45. The smallest absolute Gasteiger partial charge is 0.274 e. The number of aliphatic hydroxyl groups is 1. The Morgan fingerprint density at radius 2 is 2.29 bits per heavy atom. The first-order chi connectivity index (χ1) is 6.83. The summed E-state index contributed by atoms with van der Waals surface area (Å²) in [7, 11) is 2.98. The van der Waals surface area contributed by atoms with Crippen molar-refractivity contribution >= 4 is 0 Å². The summed E-state index contributed by atoms with van der Waals surface area (Å²) in [6.45, 7) is 0.936. The van der Waals surface area contributed by atoms with Crippen molar-refractivity contribution in [1.29, 1.82) is 0 Å². The molecule has 0 aromatic heterocycles. The largest absolute Gasteiger partial charge is 0.394 e. The number of rotatable bonds is 4. The van der Waals surface area contributed by atoms with E-state index in [0.29, 0.717) is 0 Å². The van der Waals surface area contributed by atoms with Gasteiger partial charge >= 0.3 is 0 Å². The van der Waals surface area contributed by atoms with Crippen molar-refractivity contribution < 1.29 is 19.8 Å². The fourth-order valence-corrected chi connectivity index (χ4v) is 1.65. The highest BCUT2D eigenvalue weighted by molar-refractivity contribution is 4.69. The molecule has 82 valence electrons. The third kappa shape index (κ3) is 2.47. The van der Waals surface area contributed by atoms with Crippen LogP contribution in [0.15, 0.2) is 5.28 Å². The predicted molar refractivity (Wildman–Crippen MR) is 48.1 cm³/mol. The maximum atomic E-state index is 9.17. The standard InChI is InChI=1S/C8H18N3O3/c1-13-9-11(14-2)10-6-4-3-5-8(10)7-12/h8,12H,3-7H2,1-2H3/q+1/b11-9-. The molecule has 1 saturated heterocycles. The molecular weight excluding hydrogens is 186 g/mol. The number of hydrogen-bond donors (Lipinski definition) is 1. The van der Waals surface area contributed by atoms with Gasteiger partial charge in [-0.1, -0.05) is 0 Å². The Hall–Kier alpha value is -1.04. The van der Waals surface area contributed by atoms with Crippen molar-refractivity contribution in [3.8, 4) is 0 Å². The van der Waals surface area contributed by atoms with Gasteiger partial charge in [0, 0.05) is 0 Å². The van der Waals surface area contributed by atoms with Crippen LogP contribution in [0.2, 0.25) is 0 Å². The molecule has 0 bridgehead atoms. The number of piperidine rings is 1. The molecule has 1 rings (SSSR count). The molecule has 0 spiro atoms. The second-order valence-corrected chi connectivity index (χ2v) is 3.19. The number of hydrazine groups is 1. The lowest BCUT2D eigenvalue weighted by Crippen LogP contribution is -2.47. The summed E-state index contributed by atoms with van der Waals surface area (Å²) in [5.41, 5.74) is 0. The van der Waals surface area contributed by atoms with Crippen LogP contribution < -0.4 is 0 Å². The van der Waals surface area contributed by atoms with Gasteiger partial charge in [0.1, 0.15) is 13.2 Å². The van der Waals surface area contributed by atoms with Gasteiger partial charge in [-0.05, 0) is 19.3 Å². The Bertz CT molecular complexity index is 198. The van der Waals surface area contributed by atoms with E-state index < -0.39 is 0 Å². The quantitative estimate of drug-likeness (QED) is 0.407. The summed E-state index contributed by atoms with van der Waals surface area (Å²) in [5, 5.41) is 14.7. The summed E-state index contributed by atoms with van der Waals surface area (Å²) < 4.78 is 0. The first kappa shape index (κ1) is 11.0. The number of hydrogen-bond acceptors (Lipinski definition) is 4. The highest BCUT2D eigenvalue weighted by Gasteiger charge is 2.32. The third-order valence-electron chi connectivity index (χ3n) is 2.34. The Balaban J connectivity index is 2.65. The van der Waals surface area contributed by atoms with Gasteiger partial charge in [-0.2, -0.15) is 0 Å². The van der Waals surface area contributed by atoms with Crippen molar-refractivity contribution in [1.82, 2.24) is 5.01 Å². The van der Waals surface area contributed by atoms with Gasteiger partial charge in [-0.15, -0.1) is 5.01 Å². The molecule has 14 heavy (non-hydrogen) atoms. The van der Waals surface area contributed by atoms with Crippen molar-refractivity contribution in [3.05, 3.63) is 0 Å². The average molecular weight is 204 g/mol. The molecule has 1 fully saturated rings. The molecule has 0 amide bonds. The maximum Gasteiger partial charge on any atom is 0.274 e. The Labute approximate surface area is 83.6 Å². The Morgan fingerprint density at radius 3 is 2.86 bits per heavy atom. The van der Waals surface area contributed by atoms with Crippen LogP contribution in [0.4, 0.5) is 0 Å². The number of aliphatic hydroxyl groups excluding tert-OH is 1. The van der Waals surface area contributed by atoms with E-state index in [1.54, 1.807) is 0 Å². The van der Waals surface area contributed by atoms with Crippen LogP contribution in [0.25, 0.3) is 0 Å². The first-order valence-electron chi connectivity index (χ1n) is 4.79. The minimum atomic E-state index is 0.0719. The van der Waals surface area contributed by atoms with Crippen molar-refractivity contribution in [2.45, 2.75) is 25.3 Å². The molecule has 1 unspecified atom stereocenters. The SMILES string of the molecule is CO/N=[N+](\OC)N1CCCCC1CO. The monoisotopic (exact) mass is 204 g/mol. The van der Waals surface area contributed by atoms with E-state index in [-0.39, 0.29) is 12.6 Å². The summed E-state index contributed by atoms with van der Waals surface area (Å²) in [6.07, 6.45) is 3.16. The Morgan fingerprint density at radius 1 is 1.50 bits per heavy atom. The molecule has 0 radical (unpaired) electrons. The zero-order valence-corrected chi connectivity index (χ0v) is 8.72. The van der Waals surface area contributed by atoms with E-state index in [0.717, 1.165) is 25.8 Å². The second-order valence-electron chi connectivity index (χ2n) is 3.19. The normalized spacial score (nSPS) is 23.5. The van der Waals surface area contributed by atoms with Gasteiger partial charge in [-0.3, -0.25) is 0 Å². The van der Waals surface area contributed by atoms with Crippen molar-refractivity contribution in [3.63, 3.8) is 0 Å². The van der Waals surface area contributed by atoms with Crippen LogP contribution in [0, 0.1) is 0 Å². The van der Waals surface area contributed by atoms with E-state index in [1.807, 2.05) is 5.01 Å². The van der Waals surface area contributed by atoms with Gasteiger partial charge in [0.15, 0.2) is 7.11 Å². The predicted octanol–water partition coefficient (Wildman–Crippen LogP) is 0.336. The van der Waals surface area contributed by atoms with Crippen molar-refractivity contribution in [2.75, 3.05) is 27.4 Å². The summed E-state index contributed by atoms with van der Waals surface area (Å²) in [4.78, 5) is 11.0. The van der Waals surface area contributed by atoms with E-state index in [4.69, 9.17) is 9.94 Å². The fraction of sp³-hybridized carbons (Fsp3) is 1.00. The molecule has 0 aromatic rings. The fourth-order valence-electron chi connectivity index (χ4n) is 1.65. The van der Waals surface area contributed by atoms with Crippen LogP contribution in [0.5, 0.6) is 0 Å². The molecule has 0 aliphatic carbocycles. The molecule has 1 atom stereocenters. The van der Waals surface area contributed by atoms with Crippen LogP contribution in [0.1, 0.15) is 19.3 Å². The van der Waals surface area contributed by atoms with Gasteiger partial charge < -0.3 is 9.94 Å². The van der Waals surface area contributed by atoms with Crippen molar-refractivity contribution in [2.24, 2.45) is 5.28 Å². The molecule has 0 aromatic carbocycles. The topological polar surface area (TPSA) is 57.3 Å². The zero-order chi connectivity index (χ0) is 10.4. The maximum absolute atomic E-state index is 9.17. The summed E-state index contributed by atoms with van der Waals surface area (Å²) in [5.74, 6) is 0. The zero-order valence-electron chi connectivity index (χ0n) is 8.72. The molecule has 0 saturated carbocycles. The minimum Gasteiger partial charge on any atom is -0.394 e. The third-order valence-corrected chi connectivity index (χ3v) is 2.34. The molecule has 1 aliphatic rings. The van der Waals surface area contributed by atoms with Gasteiger partial charge in [0.05, 0.1) is 13.2 Å². The van der Waals surface area contributed by atoms with E-state index in [2.05, 4.69) is 10.1 Å². The lowest BCUT2D eigenvalue weighted by molar-refractivity contribution is -0.947. The van der Waals surface area contributed by atoms with Crippen LogP contribution >= 0.6 is 0 Å². The molecule has 6 nitrogen and oxygen atoms in total. The average Bonchev–Trinajstić information content (AvgIpc) is 2.26. The molecule has 1 heterocycles. The number of nitrogens with zero attached hydrogens (tertiary/aromatic N) is 3. The minimum absolute atomic E-state index is 0.0719. The highest BCUT2D eigenvalue weighted by Crippen LogP contribution is 2.16. The lowest BCUT2D eigenvalue weighted by atomic mass is 10.1. The van der Waals surface area contributed by atoms with Gasteiger partial charge in [0.2, 0.25) is 0 Å². The van der Waals surface area contributed by atoms with E-state index in [1.165, 1.54) is 19.2 Å². The molecule has 1 N–H and O–H groups in total. The highest BCUT2D eigenvalue weighted by atomic mass is 16.8.